The van der Waals surface area contributed by atoms with Crippen LogP contribution in [0, 0.1) is 0 Å². The van der Waals surface area contributed by atoms with Gasteiger partial charge >= 0.3 is 12.1 Å². The van der Waals surface area contributed by atoms with E-state index in [4.69, 9.17) is 4.74 Å². The molecule has 1 aliphatic carbocycles. The summed E-state index contributed by atoms with van der Waals surface area (Å²) in [4.78, 5) is 38.5. The van der Waals surface area contributed by atoms with E-state index < -0.39 is 35.7 Å². The molecule has 8 heteroatoms. The summed E-state index contributed by atoms with van der Waals surface area (Å²) in [6.45, 7) is 3.29. The number of rotatable bonds is 6. The number of fused-ring (bicyclic) bond motifs is 3. The first-order valence-electron chi connectivity index (χ1n) is 11.1. The Hall–Kier alpha value is -3.39. The SMILES string of the molecule is CCC(C)(NC(=O)OCC1c2ccccc2-c2ccccc21)C(=O)N1C[C@H](O)C[C@H]1C(=O)O. The van der Waals surface area contributed by atoms with Crippen LogP contribution in [-0.2, 0) is 14.3 Å². The molecule has 2 amide bonds. The van der Waals surface area contributed by atoms with E-state index in [1.54, 1.807) is 13.8 Å². The molecule has 0 spiro atoms. The fourth-order valence-corrected chi connectivity index (χ4v) is 4.74. The van der Waals surface area contributed by atoms with E-state index in [1.165, 1.54) is 0 Å². The number of aliphatic hydroxyl groups excluding tert-OH is 1. The lowest BCUT2D eigenvalue weighted by atomic mass is 9.96. The first kappa shape index (κ1) is 22.8. The number of hydrogen-bond donors (Lipinski definition) is 3. The molecule has 33 heavy (non-hydrogen) atoms. The lowest BCUT2D eigenvalue weighted by Gasteiger charge is -2.34. The normalized spacial score (nSPS) is 21.1. The number of β-amino-alcohol motifs (C(OH)–C–C–N with tert-alkyl or cyclic N) is 1. The van der Waals surface area contributed by atoms with Gasteiger partial charge in [0, 0.05) is 18.9 Å². The number of ether oxygens (including phenoxy) is 1. The molecule has 0 aromatic heterocycles. The summed E-state index contributed by atoms with van der Waals surface area (Å²) in [5.41, 5.74) is 3.03. The maximum absolute atomic E-state index is 13.2. The van der Waals surface area contributed by atoms with Crippen LogP contribution >= 0.6 is 0 Å². The number of alkyl carbamates (subject to hydrolysis) is 1. The zero-order valence-corrected chi connectivity index (χ0v) is 18.7. The zero-order chi connectivity index (χ0) is 23.8. The predicted molar refractivity (Wildman–Crippen MR) is 121 cm³/mol. The van der Waals surface area contributed by atoms with E-state index in [1.807, 2.05) is 48.5 Å². The molecule has 4 rings (SSSR count). The fourth-order valence-electron chi connectivity index (χ4n) is 4.74. The third-order valence-electron chi connectivity index (χ3n) is 6.73. The number of amides is 2. The van der Waals surface area contributed by atoms with E-state index in [0.717, 1.165) is 27.2 Å². The van der Waals surface area contributed by atoms with Crippen molar-refractivity contribution in [1.82, 2.24) is 10.2 Å². The van der Waals surface area contributed by atoms with Crippen LogP contribution in [0.15, 0.2) is 48.5 Å². The number of likely N-dealkylation sites (tertiary alicyclic amines) is 1. The van der Waals surface area contributed by atoms with Crippen molar-refractivity contribution in [1.29, 1.82) is 0 Å². The molecule has 2 aromatic rings. The van der Waals surface area contributed by atoms with Crippen molar-refractivity contribution in [3.8, 4) is 11.1 Å². The molecule has 2 aliphatic rings. The first-order valence-corrected chi connectivity index (χ1v) is 11.1. The number of carbonyl (C=O) groups excluding carboxylic acids is 2. The van der Waals surface area contributed by atoms with E-state index >= 15 is 0 Å². The number of carboxylic acid groups (broad SMARTS) is 1. The maximum atomic E-state index is 13.2. The molecule has 8 nitrogen and oxygen atoms in total. The Labute approximate surface area is 192 Å². The molecule has 1 heterocycles. The summed E-state index contributed by atoms with van der Waals surface area (Å²) in [6, 6.07) is 14.9. The van der Waals surface area contributed by atoms with E-state index in [-0.39, 0.29) is 31.9 Å². The van der Waals surface area contributed by atoms with Gasteiger partial charge in [-0.05, 0) is 35.6 Å². The minimum Gasteiger partial charge on any atom is -0.480 e. The minimum absolute atomic E-state index is 0.0359. The van der Waals surface area contributed by atoms with Gasteiger partial charge in [0.25, 0.3) is 0 Å². The third kappa shape index (κ3) is 4.18. The van der Waals surface area contributed by atoms with Crippen molar-refractivity contribution in [3.63, 3.8) is 0 Å². The fraction of sp³-hybridized carbons (Fsp3) is 0.400. The number of aliphatic carboxylic acids is 1. The molecule has 2 aromatic carbocycles. The molecular formula is C25H28N2O6. The van der Waals surface area contributed by atoms with Crippen LogP contribution in [0.1, 0.15) is 43.7 Å². The number of benzene rings is 2. The van der Waals surface area contributed by atoms with Crippen molar-refractivity contribution < 1.29 is 29.3 Å². The van der Waals surface area contributed by atoms with Crippen LogP contribution < -0.4 is 5.32 Å². The number of carboxylic acids is 1. The predicted octanol–water partition coefficient (Wildman–Crippen LogP) is 2.74. The standard InChI is InChI=1S/C25H28N2O6/c1-3-25(2,23(31)27-13-15(28)12-21(27)22(29)30)26-24(32)33-14-20-18-10-6-4-8-16(18)17-9-5-7-11-19(17)20/h4-11,15,20-21,28H,3,12-14H2,1-2H3,(H,26,32)(H,29,30)/t15-,21+,25?/m1/s1. The number of nitrogens with one attached hydrogen (secondary N) is 1. The minimum atomic E-state index is -1.36. The Morgan fingerprint density at radius 3 is 2.21 bits per heavy atom. The number of nitrogens with zero attached hydrogens (tertiary/aromatic N) is 1. The zero-order valence-electron chi connectivity index (χ0n) is 18.7. The molecule has 0 saturated carbocycles. The highest BCUT2D eigenvalue weighted by molar-refractivity contribution is 5.93. The van der Waals surface area contributed by atoms with E-state index in [2.05, 4.69) is 5.32 Å². The molecule has 1 aliphatic heterocycles. The Morgan fingerprint density at radius 2 is 1.67 bits per heavy atom. The Balaban J connectivity index is 1.46. The van der Waals surface area contributed by atoms with Crippen LogP contribution in [0.3, 0.4) is 0 Å². The molecule has 0 bridgehead atoms. The Morgan fingerprint density at radius 1 is 1.09 bits per heavy atom. The van der Waals surface area contributed by atoms with Crippen molar-refractivity contribution in [2.75, 3.05) is 13.2 Å². The molecule has 1 unspecified atom stereocenters. The Bertz CT molecular complexity index is 1040. The van der Waals surface area contributed by atoms with Crippen molar-refractivity contribution in [2.45, 2.75) is 50.3 Å². The average molecular weight is 453 g/mol. The third-order valence-corrected chi connectivity index (χ3v) is 6.73. The van der Waals surface area contributed by atoms with Gasteiger partial charge in [0.15, 0.2) is 0 Å². The largest absolute Gasteiger partial charge is 0.480 e. The summed E-state index contributed by atoms with van der Waals surface area (Å²) < 4.78 is 5.56. The van der Waals surface area contributed by atoms with Gasteiger partial charge in [-0.1, -0.05) is 55.5 Å². The van der Waals surface area contributed by atoms with E-state index in [9.17, 15) is 24.6 Å². The molecule has 3 N–H and O–H groups in total. The summed E-state index contributed by atoms with van der Waals surface area (Å²) in [5, 5.41) is 21.9. The van der Waals surface area contributed by atoms with Gasteiger partial charge in [0.2, 0.25) is 5.91 Å². The van der Waals surface area contributed by atoms with Gasteiger partial charge in [-0.3, -0.25) is 4.79 Å². The highest BCUT2D eigenvalue weighted by atomic mass is 16.5. The monoisotopic (exact) mass is 452 g/mol. The van der Waals surface area contributed by atoms with Crippen LogP contribution in [-0.4, -0.2) is 63.9 Å². The van der Waals surface area contributed by atoms with Crippen LogP contribution in [0.2, 0.25) is 0 Å². The van der Waals surface area contributed by atoms with Gasteiger partial charge in [-0.2, -0.15) is 0 Å². The summed E-state index contributed by atoms with van der Waals surface area (Å²) in [6.07, 6.45) is -1.47. The second kappa shape index (κ2) is 8.86. The van der Waals surface area contributed by atoms with Crippen molar-refractivity contribution in [2.24, 2.45) is 0 Å². The van der Waals surface area contributed by atoms with Crippen LogP contribution in [0.5, 0.6) is 0 Å². The summed E-state index contributed by atoms with van der Waals surface area (Å²) >= 11 is 0. The van der Waals surface area contributed by atoms with Gasteiger partial charge in [-0.25, -0.2) is 9.59 Å². The highest BCUT2D eigenvalue weighted by Gasteiger charge is 2.46. The second-order valence-corrected chi connectivity index (χ2v) is 8.84. The lowest BCUT2D eigenvalue weighted by molar-refractivity contribution is -0.150. The molecule has 1 fully saturated rings. The number of carbonyl (C=O) groups is 3. The molecule has 3 atom stereocenters. The second-order valence-electron chi connectivity index (χ2n) is 8.84. The van der Waals surface area contributed by atoms with Gasteiger partial charge in [0.1, 0.15) is 18.2 Å². The van der Waals surface area contributed by atoms with Gasteiger partial charge in [-0.15, -0.1) is 0 Å². The smallest absolute Gasteiger partial charge is 0.408 e. The summed E-state index contributed by atoms with van der Waals surface area (Å²) in [7, 11) is 0. The van der Waals surface area contributed by atoms with Crippen LogP contribution in [0.25, 0.3) is 11.1 Å². The average Bonchev–Trinajstić information content (AvgIpc) is 3.35. The molecule has 0 radical (unpaired) electrons. The summed E-state index contributed by atoms with van der Waals surface area (Å²) in [5.74, 6) is -1.85. The quantitative estimate of drug-likeness (QED) is 0.621. The Kier molecular flexibility index (Phi) is 6.12. The number of aliphatic hydroxyl groups is 1. The lowest BCUT2D eigenvalue weighted by Crippen LogP contribution is -2.59. The van der Waals surface area contributed by atoms with Gasteiger partial charge in [0.05, 0.1) is 6.10 Å². The molecule has 1 saturated heterocycles. The highest BCUT2D eigenvalue weighted by Crippen LogP contribution is 2.44. The van der Waals surface area contributed by atoms with Crippen molar-refractivity contribution in [3.05, 3.63) is 59.7 Å². The van der Waals surface area contributed by atoms with Crippen molar-refractivity contribution >= 4 is 18.0 Å². The van der Waals surface area contributed by atoms with Gasteiger partial charge < -0.3 is 25.2 Å². The number of hydrogen-bond acceptors (Lipinski definition) is 5. The molecule has 174 valence electrons. The topological polar surface area (TPSA) is 116 Å². The first-order chi connectivity index (χ1) is 15.7. The van der Waals surface area contributed by atoms with E-state index in [0.29, 0.717) is 0 Å². The molecular weight excluding hydrogens is 424 g/mol. The maximum Gasteiger partial charge on any atom is 0.408 e. The van der Waals surface area contributed by atoms with Crippen LogP contribution in [0.4, 0.5) is 4.79 Å².